The van der Waals surface area contributed by atoms with Crippen LogP contribution >= 0.6 is 23.2 Å². The molecule has 2 heterocycles. The number of methoxy groups -OCH3 is 1. The van der Waals surface area contributed by atoms with Gasteiger partial charge in [-0.3, -0.25) is 4.79 Å². The lowest BCUT2D eigenvalue weighted by Gasteiger charge is -2.49. The molecule has 1 spiro atoms. The van der Waals surface area contributed by atoms with E-state index in [9.17, 15) is 4.79 Å². The van der Waals surface area contributed by atoms with Crippen molar-refractivity contribution in [2.75, 3.05) is 7.11 Å². The van der Waals surface area contributed by atoms with Gasteiger partial charge in [0.2, 0.25) is 4.33 Å². The number of fused-ring (bicyclic) bond motifs is 2. The molecule has 2 unspecified atom stereocenters. The summed E-state index contributed by atoms with van der Waals surface area (Å²) in [7, 11) is 1.50. The minimum Gasteiger partial charge on any atom is -0.353 e. The van der Waals surface area contributed by atoms with Crippen LogP contribution in [0.1, 0.15) is 20.3 Å². The van der Waals surface area contributed by atoms with Gasteiger partial charge in [-0.25, -0.2) is 0 Å². The Labute approximate surface area is 115 Å². The van der Waals surface area contributed by atoms with Crippen molar-refractivity contribution in [3.63, 3.8) is 0 Å². The summed E-state index contributed by atoms with van der Waals surface area (Å²) >= 11 is 12.2. The van der Waals surface area contributed by atoms with Crippen LogP contribution in [0.3, 0.4) is 0 Å². The van der Waals surface area contributed by atoms with E-state index in [1.54, 1.807) is 13.8 Å². The molecule has 3 rings (SSSR count). The van der Waals surface area contributed by atoms with E-state index in [1.807, 2.05) is 0 Å². The van der Waals surface area contributed by atoms with E-state index in [1.165, 1.54) is 7.11 Å². The molecule has 1 aliphatic carbocycles. The summed E-state index contributed by atoms with van der Waals surface area (Å²) in [5, 5.41) is 0. The number of ketones is 1. The third-order valence-corrected chi connectivity index (χ3v) is 4.78. The van der Waals surface area contributed by atoms with E-state index >= 15 is 0 Å². The smallest absolute Gasteiger partial charge is 0.207 e. The van der Waals surface area contributed by atoms with Gasteiger partial charge in [0.15, 0.2) is 17.9 Å². The van der Waals surface area contributed by atoms with Crippen molar-refractivity contribution < 1.29 is 23.7 Å². The molecule has 0 N–H and O–H groups in total. The predicted molar refractivity (Wildman–Crippen MR) is 62.5 cm³/mol. The van der Waals surface area contributed by atoms with E-state index in [0.29, 0.717) is 0 Å². The van der Waals surface area contributed by atoms with E-state index in [-0.39, 0.29) is 12.2 Å². The van der Waals surface area contributed by atoms with Crippen molar-refractivity contribution in [2.45, 2.75) is 54.5 Å². The second-order valence-corrected chi connectivity index (χ2v) is 6.63. The molecule has 5 nitrogen and oxygen atoms in total. The Bertz CT molecular complexity index is 410. The second kappa shape index (κ2) is 3.59. The number of carbonyl (C=O) groups excluding carboxylic acids is 1. The summed E-state index contributed by atoms with van der Waals surface area (Å²) in [4.78, 5) is 11.6. The lowest BCUT2D eigenvalue weighted by molar-refractivity contribution is -0.261. The molecule has 2 aliphatic heterocycles. The highest BCUT2D eigenvalue weighted by atomic mass is 35.5. The first-order valence-corrected chi connectivity index (χ1v) is 6.46. The molecule has 3 fully saturated rings. The molecule has 7 heteroatoms. The molecule has 0 aromatic carbocycles. The van der Waals surface area contributed by atoms with Gasteiger partial charge < -0.3 is 18.9 Å². The number of alkyl halides is 2. The summed E-state index contributed by atoms with van der Waals surface area (Å²) in [6.45, 7) is 3.58. The van der Waals surface area contributed by atoms with Crippen molar-refractivity contribution in [3.8, 4) is 0 Å². The Morgan fingerprint density at radius 2 is 1.94 bits per heavy atom. The third kappa shape index (κ3) is 1.40. The average Bonchev–Trinajstić information content (AvgIpc) is 2.73. The second-order valence-electron chi connectivity index (χ2n) is 5.31. The summed E-state index contributed by atoms with van der Waals surface area (Å²) in [5.41, 5.74) is -1.08. The summed E-state index contributed by atoms with van der Waals surface area (Å²) < 4.78 is 20.9. The SMILES string of the molecule is CO[C@@H]1O[C@@]2(CC(=O)C2(Cl)Cl)C2OC(C)(C)OC21. The van der Waals surface area contributed by atoms with Crippen LogP contribution in [0.15, 0.2) is 0 Å². The first-order valence-electron chi connectivity index (χ1n) is 5.71. The van der Waals surface area contributed by atoms with Crippen LogP contribution in [0, 0.1) is 0 Å². The van der Waals surface area contributed by atoms with Crippen LogP contribution in [0.4, 0.5) is 0 Å². The quantitative estimate of drug-likeness (QED) is 0.685. The number of carbonyl (C=O) groups is 1. The molecule has 0 amide bonds. The van der Waals surface area contributed by atoms with Gasteiger partial charge >= 0.3 is 0 Å². The van der Waals surface area contributed by atoms with Crippen molar-refractivity contribution in [3.05, 3.63) is 0 Å². The van der Waals surface area contributed by atoms with Crippen LogP contribution in [0.25, 0.3) is 0 Å². The number of halogens is 2. The number of rotatable bonds is 1. The molecule has 0 radical (unpaired) electrons. The highest BCUT2D eigenvalue weighted by molar-refractivity contribution is 6.61. The summed E-state index contributed by atoms with van der Waals surface area (Å²) in [5.74, 6) is -1.04. The Hall–Kier alpha value is 0.0900. The van der Waals surface area contributed by atoms with Crippen LogP contribution in [-0.2, 0) is 23.7 Å². The van der Waals surface area contributed by atoms with Crippen LogP contribution in [-0.4, -0.2) is 47.1 Å². The maximum absolute atomic E-state index is 11.6. The zero-order valence-electron chi connectivity index (χ0n) is 10.2. The molecule has 2 saturated heterocycles. The molecular formula is C11H14Cl2O5. The Kier molecular flexibility index (Phi) is 2.61. The van der Waals surface area contributed by atoms with Gasteiger partial charge in [0, 0.05) is 13.5 Å². The Morgan fingerprint density at radius 3 is 2.44 bits per heavy atom. The van der Waals surface area contributed by atoms with Crippen LogP contribution < -0.4 is 0 Å². The fourth-order valence-electron chi connectivity index (χ4n) is 2.86. The van der Waals surface area contributed by atoms with Gasteiger partial charge in [0.1, 0.15) is 17.8 Å². The fourth-order valence-corrected chi connectivity index (χ4v) is 3.43. The third-order valence-electron chi connectivity index (χ3n) is 3.72. The Balaban J connectivity index is 1.97. The zero-order chi connectivity index (χ0) is 13.3. The standard InChI is InChI=1S/C11H14Cl2O5/c1-9(2)16-6-7(17-9)10(18-8(6)15-3)4-5(14)11(10,12)13/h6-8H,4H2,1-3H3/t6?,7?,8-,10+/m1/s1. The topological polar surface area (TPSA) is 54.0 Å². The Morgan fingerprint density at radius 1 is 1.28 bits per heavy atom. The lowest BCUT2D eigenvalue weighted by Crippen LogP contribution is -2.69. The minimum absolute atomic E-state index is 0.112. The van der Waals surface area contributed by atoms with Gasteiger partial charge in [0.05, 0.1) is 0 Å². The van der Waals surface area contributed by atoms with Crippen molar-refractivity contribution in [2.24, 2.45) is 0 Å². The van der Waals surface area contributed by atoms with Crippen molar-refractivity contribution in [1.29, 1.82) is 0 Å². The molecule has 4 atom stereocenters. The number of Topliss-reactive ketones (excluding diaryl/α,β-unsaturated/α-hetero) is 1. The van der Waals surface area contributed by atoms with Gasteiger partial charge in [0.25, 0.3) is 0 Å². The monoisotopic (exact) mass is 296 g/mol. The van der Waals surface area contributed by atoms with E-state index < -0.39 is 34.2 Å². The first kappa shape index (κ1) is 13.1. The maximum Gasteiger partial charge on any atom is 0.207 e. The number of hydrogen-bond donors (Lipinski definition) is 0. The van der Waals surface area contributed by atoms with Gasteiger partial charge in [-0.2, -0.15) is 0 Å². The fraction of sp³-hybridized carbons (Fsp3) is 0.909. The van der Waals surface area contributed by atoms with Gasteiger partial charge in [-0.1, -0.05) is 23.2 Å². The van der Waals surface area contributed by atoms with Crippen molar-refractivity contribution in [1.82, 2.24) is 0 Å². The minimum atomic E-state index is -1.60. The molecule has 102 valence electrons. The largest absolute Gasteiger partial charge is 0.353 e. The molecule has 0 aromatic rings. The van der Waals surface area contributed by atoms with E-state index in [0.717, 1.165) is 0 Å². The summed E-state index contributed by atoms with van der Waals surface area (Å²) in [6.07, 6.45) is -1.47. The van der Waals surface area contributed by atoms with Crippen LogP contribution in [0.5, 0.6) is 0 Å². The van der Waals surface area contributed by atoms with Gasteiger partial charge in [-0.15, -0.1) is 0 Å². The molecule has 0 bridgehead atoms. The van der Waals surface area contributed by atoms with E-state index in [2.05, 4.69) is 0 Å². The first-order chi connectivity index (χ1) is 8.23. The molecule has 1 saturated carbocycles. The molecule has 18 heavy (non-hydrogen) atoms. The number of ether oxygens (including phenoxy) is 4. The highest BCUT2D eigenvalue weighted by Gasteiger charge is 2.78. The normalized spacial score (nSPS) is 48.3. The van der Waals surface area contributed by atoms with Crippen molar-refractivity contribution >= 4 is 29.0 Å². The maximum atomic E-state index is 11.6. The lowest BCUT2D eigenvalue weighted by atomic mass is 9.73. The number of hydrogen-bond acceptors (Lipinski definition) is 5. The molecular weight excluding hydrogens is 283 g/mol. The van der Waals surface area contributed by atoms with Gasteiger partial charge in [-0.05, 0) is 13.8 Å². The molecule has 0 aromatic heterocycles. The highest BCUT2D eigenvalue weighted by Crippen LogP contribution is 2.60. The zero-order valence-corrected chi connectivity index (χ0v) is 11.7. The average molecular weight is 297 g/mol. The predicted octanol–water partition coefficient (Wildman–Crippen LogP) is 1.39. The molecule has 3 aliphatic rings. The van der Waals surface area contributed by atoms with Crippen LogP contribution in [0.2, 0.25) is 0 Å². The van der Waals surface area contributed by atoms with E-state index in [4.69, 9.17) is 42.1 Å². The summed E-state index contributed by atoms with van der Waals surface area (Å²) in [6, 6.07) is 0.